The Kier molecular flexibility index (Phi) is 7.23. The Balaban J connectivity index is 1.83. The van der Waals surface area contributed by atoms with Crippen LogP contribution in [0, 0.1) is 0 Å². The van der Waals surface area contributed by atoms with Gasteiger partial charge in [-0.25, -0.2) is 0 Å². The largest absolute Gasteiger partial charge is 0.494 e. The number of aromatic nitrogens is 1. The summed E-state index contributed by atoms with van der Waals surface area (Å²) in [5.74, 6) is 0.568. The normalized spacial score (nSPS) is 10.4. The van der Waals surface area contributed by atoms with E-state index in [4.69, 9.17) is 9.84 Å². The second-order valence-electron chi connectivity index (χ2n) is 5.58. The third kappa shape index (κ3) is 5.66. The summed E-state index contributed by atoms with van der Waals surface area (Å²) in [5.41, 5.74) is 1.68. The van der Waals surface area contributed by atoms with Crippen LogP contribution in [-0.4, -0.2) is 22.6 Å². The van der Waals surface area contributed by atoms with Gasteiger partial charge in [0.1, 0.15) is 5.75 Å². The monoisotopic (exact) mass is 328 g/mol. The lowest BCUT2D eigenvalue weighted by Gasteiger charge is -2.08. The number of rotatable bonds is 9. The first kappa shape index (κ1) is 17.9. The molecule has 0 atom stereocenters. The lowest BCUT2D eigenvalue weighted by molar-refractivity contribution is 0.102. The quantitative estimate of drug-likeness (QED) is 0.687. The summed E-state index contributed by atoms with van der Waals surface area (Å²) < 4.78 is 5.68. The van der Waals surface area contributed by atoms with E-state index >= 15 is 0 Å². The molecule has 0 aliphatic heterocycles. The first-order chi connectivity index (χ1) is 11.7. The van der Waals surface area contributed by atoms with Gasteiger partial charge in [-0.2, -0.15) is 0 Å². The van der Waals surface area contributed by atoms with Gasteiger partial charge in [0.15, 0.2) is 0 Å². The van der Waals surface area contributed by atoms with Crippen LogP contribution in [0.25, 0.3) is 0 Å². The molecule has 0 bridgehead atoms. The molecule has 5 nitrogen and oxygen atoms in total. The number of carbonyl (C=O) groups excluding carboxylic acids is 1. The van der Waals surface area contributed by atoms with Crippen LogP contribution in [0.4, 0.5) is 5.69 Å². The van der Waals surface area contributed by atoms with Crippen LogP contribution in [0.15, 0.2) is 42.6 Å². The Labute approximate surface area is 142 Å². The number of unbranched alkanes of at least 4 members (excludes halogenated alkanes) is 3. The predicted octanol–water partition coefficient (Wildman–Crippen LogP) is 3.79. The number of aliphatic hydroxyl groups is 1. The van der Waals surface area contributed by atoms with Gasteiger partial charge >= 0.3 is 0 Å². The fraction of sp³-hybridized carbons (Fsp3) is 0.368. The van der Waals surface area contributed by atoms with Gasteiger partial charge in [-0.05, 0) is 42.8 Å². The Morgan fingerprint density at radius 3 is 2.54 bits per heavy atom. The molecule has 2 rings (SSSR count). The molecule has 128 valence electrons. The number of nitrogens with zero attached hydrogens (tertiary/aromatic N) is 1. The van der Waals surface area contributed by atoms with Crippen LogP contribution in [-0.2, 0) is 6.61 Å². The molecule has 0 aliphatic carbocycles. The zero-order chi connectivity index (χ0) is 17.2. The number of carbonyl (C=O) groups is 1. The lowest BCUT2D eigenvalue weighted by atomic mass is 10.2. The Bertz CT molecular complexity index is 624. The van der Waals surface area contributed by atoms with Gasteiger partial charge in [0.05, 0.1) is 24.5 Å². The van der Waals surface area contributed by atoms with Crippen molar-refractivity contribution in [3.05, 3.63) is 53.9 Å². The molecule has 5 heteroatoms. The molecule has 2 aromatic rings. The maximum Gasteiger partial charge on any atom is 0.257 e. The van der Waals surface area contributed by atoms with Gasteiger partial charge in [-0.15, -0.1) is 0 Å². The van der Waals surface area contributed by atoms with E-state index in [1.807, 2.05) is 24.3 Å². The van der Waals surface area contributed by atoms with Crippen molar-refractivity contribution in [2.45, 2.75) is 39.2 Å². The van der Waals surface area contributed by atoms with Gasteiger partial charge < -0.3 is 15.2 Å². The minimum absolute atomic E-state index is 0.137. The molecule has 0 unspecified atom stereocenters. The number of anilines is 1. The molecule has 1 aromatic heterocycles. The van der Waals surface area contributed by atoms with E-state index in [0.717, 1.165) is 12.2 Å². The minimum Gasteiger partial charge on any atom is -0.494 e. The van der Waals surface area contributed by atoms with Gasteiger partial charge in [0.25, 0.3) is 5.91 Å². The molecule has 1 aromatic carbocycles. The first-order valence-corrected chi connectivity index (χ1v) is 8.33. The summed E-state index contributed by atoms with van der Waals surface area (Å²) in [5, 5.41) is 11.8. The van der Waals surface area contributed by atoms with Crippen LogP contribution in [0.3, 0.4) is 0 Å². The third-order valence-electron chi connectivity index (χ3n) is 3.63. The predicted molar refractivity (Wildman–Crippen MR) is 94.2 cm³/mol. The third-order valence-corrected chi connectivity index (χ3v) is 3.63. The summed E-state index contributed by atoms with van der Waals surface area (Å²) in [4.78, 5) is 16.1. The molecule has 1 heterocycles. The lowest BCUT2D eigenvalue weighted by Crippen LogP contribution is -2.12. The summed E-state index contributed by atoms with van der Waals surface area (Å²) in [6.45, 7) is 2.77. The van der Waals surface area contributed by atoms with Crippen molar-refractivity contribution in [2.75, 3.05) is 11.9 Å². The average molecular weight is 328 g/mol. The number of benzene rings is 1. The number of pyridine rings is 1. The van der Waals surface area contributed by atoms with Crippen molar-refractivity contribution in [2.24, 2.45) is 0 Å². The molecule has 0 fully saturated rings. The molecule has 0 radical (unpaired) electrons. The molecule has 0 saturated heterocycles. The van der Waals surface area contributed by atoms with Gasteiger partial charge in [-0.1, -0.05) is 26.2 Å². The van der Waals surface area contributed by atoms with E-state index in [1.165, 1.54) is 25.5 Å². The molecule has 24 heavy (non-hydrogen) atoms. The van der Waals surface area contributed by atoms with Gasteiger partial charge in [0.2, 0.25) is 0 Å². The van der Waals surface area contributed by atoms with Crippen molar-refractivity contribution in [3.63, 3.8) is 0 Å². The highest BCUT2D eigenvalue weighted by molar-refractivity contribution is 6.04. The number of ether oxygens (including phenoxy) is 1. The Morgan fingerprint density at radius 2 is 1.92 bits per heavy atom. The number of aliphatic hydroxyl groups excluding tert-OH is 1. The molecule has 0 aliphatic rings. The van der Waals surface area contributed by atoms with Crippen LogP contribution >= 0.6 is 0 Å². The van der Waals surface area contributed by atoms with Gasteiger partial charge in [-0.3, -0.25) is 9.78 Å². The van der Waals surface area contributed by atoms with E-state index in [2.05, 4.69) is 17.2 Å². The second-order valence-corrected chi connectivity index (χ2v) is 5.58. The molecule has 1 amide bonds. The fourth-order valence-electron chi connectivity index (χ4n) is 2.21. The highest BCUT2D eigenvalue weighted by Gasteiger charge is 2.07. The van der Waals surface area contributed by atoms with Crippen molar-refractivity contribution >= 4 is 11.6 Å². The van der Waals surface area contributed by atoms with Gasteiger partial charge in [0, 0.05) is 11.9 Å². The van der Waals surface area contributed by atoms with Crippen LogP contribution in [0.5, 0.6) is 5.75 Å². The zero-order valence-electron chi connectivity index (χ0n) is 14.0. The van der Waals surface area contributed by atoms with Crippen molar-refractivity contribution in [3.8, 4) is 5.75 Å². The minimum atomic E-state index is -0.236. The number of hydrogen-bond acceptors (Lipinski definition) is 4. The fourth-order valence-corrected chi connectivity index (χ4v) is 2.21. The Morgan fingerprint density at radius 1 is 1.12 bits per heavy atom. The Hall–Kier alpha value is -2.40. The number of hydrogen-bond donors (Lipinski definition) is 2. The van der Waals surface area contributed by atoms with E-state index in [-0.39, 0.29) is 12.5 Å². The van der Waals surface area contributed by atoms with E-state index < -0.39 is 0 Å². The van der Waals surface area contributed by atoms with Crippen molar-refractivity contribution in [1.82, 2.24) is 4.98 Å². The molecular weight excluding hydrogens is 304 g/mol. The zero-order valence-corrected chi connectivity index (χ0v) is 14.0. The smallest absolute Gasteiger partial charge is 0.257 e. The summed E-state index contributed by atoms with van der Waals surface area (Å²) in [6.07, 6.45) is 6.15. The van der Waals surface area contributed by atoms with Crippen molar-refractivity contribution in [1.29, 1.82) is 0 Å². The van der Waals surface area contributed by atoms with Crippen LogP contribution in [0.1, 0.15) is 48.7 Å². The highest BCUT2D eigenvalue weighted by atomic mass is 16.5. The van der Waals surface area contributed by atoms with E-state index in [9.17, 15) is 4.79 Å². The van der Waals surface area contributed by atoms with E-state index in [0.29, 0.717) is 23.6 Å². The van der Waals surface area contributed by atoms with Crippen LogP contribution < -0.4 is 10.1 Å². The highest BCUT2D eigenvalue weighted by Crippen LogP contribution is 2.17. The standard InChI is InChI=1S/C19H24N2O3/c1-2-3-4-5-12-24-18-10-8-16(9-11-18)21-19(23)15-6-7-17(14-22)20-13-15/h6-11,13,22H,2-5,12,14H2,1H3,(H,21,23). The van der Waals surface area contributed by atoms with E-state index in [1.54, 1.807) is 12.1 Å². The second kappa shape index (κ2) is 9.67. The first-order valence-electron chi connectivity index (χ1n) is 8.33. The SMILES string of the molecule is CCCCCCOc1ccc(NC(=O)c2ccc(CO)nc2)cc1. The molecule has 0 saturated carbocycles. The summed E-state index contributed by atoms with van der Waals surface area (Å²) in [6, 6.07) is 10.6. The maximum atomic E-state index is 12.1. The average Bonchev–Trinajstić information content (AvgIpc) is 2.63. The maximum absolute atomic E-state index is 12.1. The molecule has 2 N–H and O–H groups in total. The topological polar surface area (TPSA) is 71.5 Å². The molecule has 0 spiro atoms. The molecular formula is C19H24N2O3. The van der Waals surface area contributed by atoms with Crippen LogP contribution in [0.2, 0.25) is 0 Å². The van der Waals surface area contributed by atoms with Crippen molar-refractivity contribution < 1.29 is 14.6 Å². The summed E-state index contributed by atoms with van der Waals surface area (Å²) >= 11 is 0. The summed E-state index contributed by atoms with van der Waals surface area (Å²) in [7, 11) is 0. The number of nitrogens with one attached hydrogen (secondary N) is 1. The number of amides is 1.